The molecular weight excluding hydrogens is 366 g/mol. The highest BCUT2D eigenvalue weighted by Crippen LogP contribution is 2.19. The second kappa shape index (κ2) is 19.5. The first kappa shape index (κ1) is 28.5. The van der Waals surface area contributed by atoms with Crippen molar-refractivity contribution < 1.29 is 13.6 Å². The van der Waals surface area contributed by atoms with E-state index >= 15 is 0 Å². The van der Waals surface area contributed by atoms with Crippen molar-refractivity contribution in [1.29, 1.82) is 0 Å². The number of Topliss-reactive ketones (excluding diaryl/α,β-unsaturated/α-hetero) is 1. The maximum Gasteiger partial charge on any atom is 0.238 e. The molecule has 0 bridgehead atoms. The van der Waals surface area contributed by atoms with Gasteiger partial charge in [0, 0.05) is 18.3 Å². The van der Waals surface area contributed by atoms with Crippen molar-refractivity contribution in [3.63, 3.8) is 0 Å². The molecule has 0 aromatic carbocycles. The molecule has 0 aromatic heterocycles. The molecule has 29 heavy (non-hydrogen) atoms. The molecule has 0 atom stereocenters. The summed E-state index contributed by atoms with van der Waals surface area (Å²) in [4.78, 5) is 11.8. The van der Waals surface area contributed by atoms with Gasteiger partial charge in [0.1, 0.15) is 5.78 Å². The number of unbranched alkanes of at least 4 members (excludes halogenated alkanes) is 17. The first-order valence-corrected chi connectivity index (χ1v) is 12.7. The molecule has 0 N–H and O–H groups in total. The Balaban J connectivity index is 3.11. The number of halogens is 2. The Kier molecular flexibility index (Phi) is 19.2. The molecular formula is C26H50F2O. The summed E-state index contributed by atoms with van der Waals surface area (Å²) in [6, 6.07) is 0. The van der Waals surface area contributed by atoms with Gasteiger partial charge in [-0.25, -0.2) is 8.78 Å². The highest BCUT2D eigenvalue weighted by atomic mass is 19.3. The van der Waals surface area contributed by atoms with Gasteiger partial charge in [-0.3, -0.25) is 4.79 Å². The molecule has 0 aliphatic carbocycles. The van der Waals surface area contributed by atoms with Crippen molar-refractivity contribution in [1.82, 2.24) is 0 Å². The first-order valence-electron chi connectivity index (χ1n) is 12.7. The molecule has 0 fully saturated rings. The fourth-order valence-electron chi connectivity index (χ4n) is 3.79. The Labute approximate surface area is 180 Å². The van der Waals surface area contributed by atoms with Gasteiger partial charge in [0.15, 0.2) is 0 Å². The third kappa shape index (κ3) is 22.0. The van der Waals surface area contributed by atoms with Crippen molar-refractivity contribution >= 4 is 5.78 Å². The van der Waals surface area contributed by atoms with Crippen LogP contribution in [0.4, 0.5) is 8.78 Å². The Hall–Kier alpha value is -0.470. The average molecular weight is 417 g/mol. The van der Waals surface area contributed by atoms with Crippen molar-refractivity contribution in [2.45, 2.75) is 156 Å². The molecule has 0 radical (unpaired) electrons. The lowest BCUT2D eigenvalue weighted by Crippen LogP contribution is -2.19. The van der Waals surface area contributed by atoms with Gasteiger partial charge >= 0.3 is 0 Å². The Morgan fingerprint density at radius 1 is 0.552 bits per heavy atom. The van der Waals surface area contributed by atoms with E-state index in [1.807, 2.05) is 20.8 Å². The first-order chi connectivity index (χ1) is 13.8. The van der Waals surface area contributed by atoms with Crippen molar-refractivity contribution in [2.24, 2.45) is 5.41 Å². The number of hydrogen-bond acceptors (Lipinski definition) is 1. The molecule has 0 amide bonds. The van der Waals surface area contributed by atoms with Crippen LogP contribution in [0.1, 0.15) is 149 Å². The number of ketones is 1. The number of carbonyl (C=O) groups is 1. The molecule has 0 aliphatic rings. The quantitative estimate of drug-likeness (QED) is 0.170. The molecule has 3 heteroatoms. The Bertz CT molecular complexity index is 360. The van der Waals surface area contributed by atoms with E-state index < -0.39 is 6.43 Å². The van der Waals surface area contributed by atoms with Gasteiger partial charge in [0.05, 0.1) is 0 Å². The van der Waals surface area contributed by atoms with Gasteiger partial charge in [-0.05, 0) is 12.8 Å². The third-order valence-corrected chi connectivity index (χ3v) is 5.91. The van der Waals surface area contributed by atoms with Crippen LogP contribution in [0.3, 0.4) is 0 Å². The van der Waals surface area contributed by atoms with E-state index in [1.54, 1.807) is 0 Å². The van der Waals surface area contributed by atoms with E-state index in [4.69, 9.17) is 0 Å². The van der Waals surface area contributed by atoms with Crippen LogP contribution in [-0.4, -0.2) is 12.2 Å². The van der Waals surface area contributed by atoms with E-state index in [2.05, 4.69) is 0 Å². The van der Waals surface area contributed by atoms with Crippen LogP contribution in [-0.2, 0) is 4.79 Å². The van der Waals surface area contributed by atoms with Gasteiger partial charge in [0.2, 0.25) is 6.43 Å². The molecule has 0 saturated carbocycles. The standard InChI is InChI=1S/C26H50F2O/c1-26(2,3)24(29)22-20-18-16-14-12-10-8-6-4-5-7-9-11-13-15-17-19-21-23-25(27)28/h25H,4-23H2,1-3H3. The molecule has 0 aliphatic heterocycles. The minimum atomic E-state index is -2.11. The normalized spacial score (nSPS) is 12.1. The number of rotatable bonds is 21. The van der Waals surface area contributed by atoms with E-state index in [9.17, 15) is 13.6 Å². The zero-order valence-corrected chi connectivity index (χ0v) is 19.9. The van der Waals surface area contributed by atoms with Crippen LogP contribution in [0.15, 0.2) is 0 Å². The summed E-state index contributed by atoms with van der Waals surface area (Å²) in [5.41, 5.74) is -0.167. The molecule has 0 aromatic rings. The molecule has 0 saturated heterocycles. The lowest BCUT2D eigenvalue weighted by molar-refractivity contribution is -0.126. The predicted octanol–water partition coefficient (Wildman–Crippen LogP) is 9.67. The number of hydrogen-bond donors (Lipinski definition) is 0. The fourth-order valence-corrected chi connectivity index (χ4v) is 3.79. The molecule has 1 nitrogen and oxygen atoms in total. The predicted molar refractivity (Wildman–Crippen MR) is 123 cm³/mol. The van der Waals surface area contributed by atoms with Crippen LogP contribution in [0.2, 0.25) is 0 Å². The lowest BCUT2D eigenvalue weighted by Gasteiger charge is -2.16. The fraction of sp³-hybridized carbons (Fsp3) is 0.962. The molecule has 0 rings (SSSR count). The average Bonchev–Trinajstić information content (AvgIpc) is 2.65. The second-order valence-electron chi connectivity index (χ2n) is 9.97. The largest absolute Gasteiger partial charge is 0.299 e. The smallest absolute Gasteiger partial charge is 0.238 e. The number of carbonyl (C=O) groups excluding carboxylic acids is 1. The molecule has 174 valence electrons. The van der Waals surface area contributed by atoms with E-state index in [0.29, 0.717) is 12.2 Å². The van der Waals surface area contributed by atoms with Gasteiger partial charge in [0.25, 0.3) is 0 Å². The monoisotopic (exact) mass is 416 g/mol. The number of alkyl halides is 2. The van der Waals surface area contributed by atoms with Gasteiger partial charge in [-0.2, -0.15) is 0 Å². The topological polar surface area (TPSA) is 17.1 Å². The maximum atomic E-state index is 12.0. The zero-order chi connectivity index (χ0) is 21.8. The van der Waals surface area contributed by atoms with Gasteiger partial charge < -0.3 is 0 Å². The zero-order valence-electron chi connectivity index (χ0n) is 19.9. The summed E-state index contributed by atoms with van der Waals surface area (Å²) in [5.74, 6) is 0.403. The summed E-state index contributed by atoms with van der Waals surface area (Å²) in [5, 5.41) is 0. The SMILES string of the molecule is CC(C)(C)C(=O)CCCCCCCCCCCCCCCCCCCCC(F)F. The van der Waals surface area contributed by atoms with Crippen molar-refractivity contribution in [3.8, 4) is 0 Å². The highest BCUT2D eigenvalue weighted by molar-refractivity contribution is 5.83. The summed E-state index contributed by atoms with van der Waals surface area (Å²) in [7, 11) is 0. The van der Waals surface area contributed by atoms with Gasteiger partial charge in [-0.15, -0.1) is 0 Å². The maximum absolute atomic E-state index is 12.0. The summed E-state index contributed by atoms with van der Waals surface area (Å²) in [6.45, 7) is 6.04. The highest BCUT2D eigenvalue weighted by Gasteiger charge is 2.19. The summed E-state index contributed by atoms with van der Waals surface area (Å²) in [6.07, 6.45) is 21.1. The van der Waals surface area contributed by atoms with Crippen LogP contribution in [0, 0.1) is 5.41 Å². The Morgan fingerprint density at radius 2 is 0.828 bits per heavy atom. The Morgan fingerprint density at radius 3 is 1.10 bits per heavy atom. The van der Waals surface area contributed by atoms with Crippen LogP contribution >= 0.6 is 0 Å². The van der Waals surface area contributed by atoms with Gasteiger partial charge in [-0.1, -0.05) is 124 Å². The van der Waals surface area contributed by atoms with E-state index in [0.717, 1.165) is 25.7 Å². The minimum absolute atomic E-state index is 0.0832. The van der Waals surface area contributed by atoms with E-state index in [1.165, 1.54) is 89.9 Å². The third-order valence-electron chi connectivity index (χ3n) is 5.91. The van der Waals surface area contributed by atoms with Crippen molar-refractivity contribution in [3.05, 3.63) is 0 Å². The van der Waals surface area contributed by atoms with Crippen LogP contribution in [0.25, 0.3) is 0 Å². The summed E-state index contributed by atoms with van der Waals surface area (Å²) >= 11 is 0. The minimum Gasteiger partial charge on any atom is -0.299 e. The van der Waals surface area contributed by atoms with E-state index in [-0.39, 0.29) is 11.8 Å². The summed E-state index contributed by atoms with van der Waals surface area (Å²) < 4.78 is 24.0. The van der Waals surface area contributed by atoms with Crippen molar-refractivity contribution in [2.75, 3.05) is 0 Å². The molecule has 0 spiro atoms. The molecule has 0 heterocycles. The van der Waals surface area contributed by atoms with Crippen LogP contribution < -0.4 is 0 Å². The second-order valence-corrected chi connectivity index (χ2v) is 9.97. The molecule has 0 unspecified atom stereocenters. The van der Waals surface area contributed by atoms with Crippen LogP contribution in [0.5, 0.6) is 0 Å². The lowest BCUT2D eigenvalue weighted by atomic mass is 9.88.